The number of carboxylic acids is 7. The molecular weight excluding hydrogens is 1130 g/mol. The normalized spacial score (nSPS) is 18.6. The molecule has 85 heavy (non-hydrogen) atoms. The van der Waals surface area contributed by atoms with E-state index in [1.54, 1.807) is 19.6 Å². The molecule has 13 N–H and O–H groups in total. The van der Waals surface area contributed by atoms with Gasteiger partial charge in [-0.05, 0) is 110 Å². The van der Waals surface area contributed by atoms with Gasteiger partial charge >= 0.3 is 47.8 Å². The van der Waals surface area contributed by atoms with Gasteiger partial charge in [0.05, 0.1) is 26.2 Å². The van der Waals surface area contributed by atoms with Crippen LogP contribution in [-0.4, -0.2) is 229 Å². The van der Waals surface area contributed by atoms with Gasteiger partial charge in [-0.25, -0.2) is 14.4 Å². The van der Waals surface area contributed by atoms with Gasteiger partial charge < -0.3 is 67.6 Å². The van der Waals surface area contributed by atoms with Gasteiger partial charge in [-0.3, -0.25) is 53.2 Å². The van der Waals surface area contributed by atoms with Crippen LogP contribution in [-0.2, 0) is 56.0 Å². The Kier molecular flexibility index (Phi) is 27.6. The first kappa shape index (κ1) is 67.7. The van der Waals surface area contributed by atoms with Crippen molar-refractivity contribution >= 4 is 93.4 Å². The molecule has 1 saturated heterocycles. The second-order valence-electron chi connectivity index (χ2n) is 21.5. The molecule has 1 unspecified atom stereocenters. The summed E-state index contributed by atoms with van der Waals surface area (Å²) in [6.07, 6.45) is 2.52. The summed E-state index contributed by atoms with van der Waals surface area (Å²) >= 11 is 5.65. The second-order valence-corrected chi connectivity index (χ2v) is 21.9. The SMILES string of the molecule is O=C(O)CC[C@H](NC(=O)N[C@@H](CCCCNC(=O)[C@H](Cc1ccc2ccccc2c1)NC(=O)C1CCC(CNC(=S)Nc2ccc(CC3CN(CC(=O)O)CCN(CC(=O)O)CCN(CC(=O)O)CCN3CC(=O)O)cc2)CC1)C(=O)O)C(=O)O. The highest BCUT2D eigenvalue weighted by atomic mass is 32.1. The molecule has 2 fully saturated rings. The van der Waals surface area contributed by atoms with E-state index in [0.717, 1.165) is 21.9 Å². The molecule has 1 heterocycles. The molecule has 5 rings (SSSR count). The average molecular weight is 1210 g/mol. The minimum Gasteiger partial charge on any atom is -0.481 e. The average Bonchev–Trinajstić information content (AvgIpc) is 3.52. The number of amides is 4. The number of urea groups is 1. The molecule has 28 heteroatoms. The lowest BCUT2D eigenvalue weighted by atomic mass is 9.81. The van der Waals surface area contributed by atoms with Crippen LogP contribution in [0.15, 0.2) is 66.7 Å². The molecule has 1 saturated carbocycles. The van der Waals surface area contributed by atoms with Crippen LogP contribution >= 0.6 is 12.2 Å². The van der Waals surface area contributed by atoms with E-state index in [1.807, 2.05) is 66.7 Å². The van der Waals surface area contributed by atoms with E-state index in [9.17, 15) is 78.6 Å². The van der Waals surface area contributed by atoms with E-state index in [-0.39, 0.29) is 116 Å². The fourth-order valence-corrected chi connectivity index (χ4v) is 10.6. The van der Waals surface area contributed by atoms with Crippen molar-refractivity contribution in [2.75, 3.05) is 90.4 Å². The van der Waals surface area contributed by atoms with Crippen LogP contribution < -0.4 is 31.9 Å². The first-order chi connectivity index (χ1) is 40.5. The molecule has 27 nitrogen and oxygen atoms in total. The number of hydrogen-bond donors (Lipinski definition) is 13. The Morgan fingerprint density at radius 2 is 1.11 bits per heavy atom. The second kappa shape index (κ2) is 34.7. The summed E-state index contributed by atoms with van der Waals surface area (Å²) < 4.78 is 0. The van der Waals surface area contributed by atoms with Crippen molar-refractivity contribution in [1.29, 1.82) is 0 Å². The lowest BCUT2D eigenvalue weighted by Gasteiger charge is -2.37. The van der Waals surface area contributed by atoms with Crippen molar-refractivity contribution in [2.45, 2.75) is 94.8 Å². The molecule has 0 spiro atoms. The maximum absolute atomic E-state index is 13.9. The molecule has 464 valence electrons. The summed E-state index contributed by atoms with van der Waals surface area (Å²) in [5.74, 6) is -9.42. The molecule has 4 atom stereocenters. The summed E-state index contributed by atoms with van der Waals surface area (Å²) in [6.45, 7) is 0.389. The number of unbranched alkanes of at least 4 members (excludes halogenated alkanes) is 1. The predicted molar refractivity (Wildman–Crippen MR) is 313 cm³/mol. The predicted octanol–water partition coefficient (Wildman–Crippen LogP) is 1.49. The molecule has 0 radical (unpaired) electrons. The Morgan fingerprint density at radius 1 is 0.553 bits per heavy atom. The summed E-state index contributed by atoms with van der Waals surface area (Å²) in [4.78, 5) is 129. The molecule has 1 aliphatic carbocycles. The van der Waals surface area contributed by atoms with Gasteiger partial charge in [-0.1, -0.05) is 54.6 Å². The third kappa shape index (κ3) is 25.0. The molecule has 4 amide bonds. The number of fused-ring (bicyclic) bond motifs is 1. The number of carboxylic acid groups (broad SMARTS) is 7. The van der Waals surface area contributed by atoms with E-state index in [2.05, 4.69) is 31.9 Å². The van der Waals surface area contributed by atoms with E-state index in [4.69, 9.17) is 17.3 Å². The minimum atomic E-state index is -1.55. The molecule has 0 bridgehead atoms. The Labute approximate surface area is 496 Å². The summed E-state index contributed by atoms with van der Waals surface area (Å²) in [5, 5.41) is 85.8. The molecule has 3 aromatic carbocycles. The number of anilines is 1. The minimum absolute atomic E-state index is 0.0684. The van der Waals surface area contributed by atoms with Crippen molar-refractivity contribution in [3.05, 3.63) is 77.9 Å². The number of nitrogens with one attached hydrogen (secondary N) is 6. The van der Waals surface area contributed by atoms with Crippen LogP contribution in [0.2, 0.25) is 0 Å². The quantitative estimate of drug-likeness (QED) is 0.0332. The Balaban J connectivity index is 1.13. The number of carbonyl (C=O) groups excluding carboxylic acids is 3. The molecule has 3 aromatic rings. The Bertz CT molecular complexity index is 2800. The van der Waals surface area contributed by atoms with Crippen LogP contribution in [0.1, 0.15) is 68.9 Å². The summed E-state index contributed by atoms with van der Waals surface area (Å²) in [6, 6.07) is 15.3. The lowest BCUT2D eigenvalue weighted by molar-refractivity contribution is -0.142. The van der Waals surface area contributed by atoms with Crippen molar-refractivity contribution in [1.82, 2.24) is 46.2 Å². The van der Waals surface area contributed by atoms with E-state index in [0.29, 0.717) is 55.9 Å². The highest BCUT2D eigenvalue weighted by Gasteiger charge is 2.32. The number of hydrogen-bond acceptors (Lipinski definition) is 15. The van der Waals surface area contributed by atoms with Crippen LogP contribution in [0.4, 0.5) is 10.5 Å². The highest BCUT2D eigenvalue weighted by molar-refractivity contribution is 7.80. The van der Waals surface area contributed by atoms with Gasteiger partial charge in [0.1, 0.15) is 18.1 Å². The van der Waals surface area contributed by atoms with Crippen molar-refractivity contribution < 1.29 is 83.7 Å². The Morgan fingerprint density at radius 3 is 1.69 bits per heavy atom. The smallest absolute Gasteiger partial charge is 0.326 e. The van der Waals surface area contributed by atoms with Crippen molar-refractivity contribution in [2.24, 2.45) is 11.8 Å². The topological polar surface area (TPSA) is 397 Å². The third-order valence-corrected chi connectivity index (χ3v) is 15.2. The van der Waals surface area contributed by atoms with Gasteiger partial charge in [-0.15, -0.1) is 0 Å². The van der Waals surface area contributed by atoms with E-state index < -0.39 is 90.7 Å². The van der Waals surface area contributed by atoms with Gasteiger partial charge in [0.2, 0.25) is 11.8 Å². The van der Waals surface area contributed by atoms with Crippen LogP contribution in [0, 0.1) is 11.8 Å². The maximum Gasteiger partial charge on any atom is 0.326 e. The zero-order valence-electron chi connectivity index (χ0n) is 47.2. The first-order valence-electron chi connectivity index (χ1n) is 28.2. The van der Waals surface area contributed by atoms with E-state index in [1.165, 1.54) is 0 Å². The molecule has 0 aromatic heterocycles. The molecule has 1 aliphatic heterocycles. The van der Waals surface area contributed by atoms with E-state index >= 15 is 0 Å². The van der Waals surface area contributed by atoms with Crippen LogP contribution in [0.5, 0.6) is 0 Å². The Hall–Kier alpha value is -8.05. The van der Waals surface area contributed by atoms with Gasteiger partial charge in [-0.2, -0.15) is 0 Å². The summed E-state index contributed by atoms with van der Waals surface area (Å²) in [7, 11) is 0. The summed E-state index contributed by atoms with van der Waals surface area (Å²) in [5.41, 5.74) is 2.28. The number of rotatable bonds is 30. The van der Waals surface area contributed by atoms with Crippen LogP contribution in [0.25, 0.3) is 10.8 Å². The highest BCUT2D eigenvalue weighted by Crippen LogP contribution is 2.29. The fourth-order valence-electron chi connectivity index (χ4n) is 10.4. The van der Waals surface area contributed by atoms with Gasteiger partial charge in [0.15, 0.2) is 5.11 Å². The molecule has 2 aliphatic rings. The maximum atomic E-state index is 13.9. The third-order valence-electron chi connectivity index (χ3n) is 15.0. The van der Waals surface area contributed by atoms with Crippen molar-refractivity contribution in [3.8, 4) is 0 Å². The number of aliphatic carboxylic acids is 7. The number of thiocarbonyl (C=S) groups is 1. The van der Waals surface area contributed by atoms with Crippen molar-refractivity contribution in [3.63, 3.8) is 0 Å². The fraction of sp³-hybridized carbons (Fsp3) is 0.526. The number of nitrogens with zero attached hydrogens (tertiary/aromatic N) is 4. The largest absolute Gasteiger partial charge is 0.481 e. The first-order valence-corrected chi connectivity index (χ1v) is 28.6. The van der Waals surface area contributed by atoms with Crippen LogP contribution in [0.3, 0.4) is 0 Å². The van der Waals surface area contributed by atoms with Gasteiger partial charge in [0, 0.05) is 89.4 Å². The van der Waals surface area contributed by atoms with Gasteiger partial charge in [0.25, 0.3) is 0 Å². The zero-order valence-corrected chi connectivity index (χ0v) is 48.0. The number of carbonyl (C=O) groups is 10. The number of benzene rings is 3. The standard InChI is InChI=1S/C57H78N10O17S/c68-47(69)19-18-45(55(82)83)63-56(84)62-44(54(80)81)7-3-4-20-58-53(79)46(29-38-10-13-39-5-1-2-6-41(39)27-38)61-52(78)40-14-8-37(9-15-40)30-59-57(85)60-42-16-11-36(12-17-42)28-43-31-66(34-50(74)75)24-23-64(32-48(70)71)21-22-65(33-49(72)73)25-26-67(43)35-51(76)77/h1-2,5-6,10-13,16-17,27,37,40,43-46H,3-4,7-9,14-15,18-26,28-35H2,(H,58,79)(H,61,78)(H,68,69)(H,70,71)(H,72,73)(H,74,75)(H,76,77)(H,80,81)(H,82,83)(H2,59,60,85)(H2,62,63,84)/t37?,40?,43?,44-,45-,46-/m0/s1. The monoisotopic (exact) mass is 1210 g/mol. The molecular formula is C57H78N10O17S. The lowest BCUT2D eigenvalue weighted by Crippen LogP contribution is -2.53. The zero-order chi connectivity index (χ0) is 62.0.